The fraction of sp³-hybridized carbons (Fsp3) is 0.526. The molecule has 2 fully saturated rings. The number of rotatable bonds is 3. The summed E-state index contributed by atoms with van der Waals surface area (Å²) in [5.74, 6) is -0.738. The third-order valence-electron chi connectivity index (χ3n) is 5.85. The lowest BCUT2D eigenvalue weighted by molar-refractivity contribution is -0.152. The number of hydrogen-bond acceptors (Lipinski definition) is 4. The molecule has 2 saturated heterocycles. The molecule has 0 saturated carbocycles. The molecule has 0 aliphatic carbocycles. The quantitative estimate of drug-likeness (QED) is 0.874. The van der Waals surface area contributed by atoms with Gasteiger partial charge < -0.3 is 19.6 Å². The normalized spacial score (nSPS) is 27.5. The van der Waals surface area contributed by atoms with Crippen molar-refractivity contribution in [2.24, 2.45) is 5.41 Å². The van der Waals surface area contributed by atoms with Crippen LogP contribution in [-0.2, 0) is 14.4 Å². The number of carbonyl (C=O) groups is 3. The van der Waals surface area contributed by atoms with Crippen molar-refractivity contribution in [1.29, 1.82) is 0 Å². The van der Waals surface area contributed by atoms with Crippen LogP contribution in [0.15, 0.2) is 24.3 Å². The summed E-state index contributed by atoms with van der Waals surface area (Å²) in [5.41, 5.74) is -0.291. The van der Waals surface area contributed by atoms with Gasteiger partial charge in [0.2, 0.25) is 11.8 Å². The van der Waals surface area contributed by atoms with Crippen molar-refractivity contribution in [3.63, 3.8) is 0 Å². The monoisotopic (exact) mass is 358 g/mol. The molecule has 3 aliphatic rings. The van der Waals surface area contributed by atoms with Crippen LogP contribution in [0.3, 0.4) is 0 Å². The van der Waals surface area contributed by atoms with E-state index in [1.807, 2.05) is 24.3 Å². The van der Waals surface area contributed by atoms with Crippen LogP contribution in [0, 0.1) is 5.41 Å². The van der Waals surface area contributed by atoms with E-state index in [1.165, 1.54) is 0 Å². The van der Waals surface area contributed by atoms with Gasteiger partial charge in [0.05, 0.1) is 6.54 Å². The van der Waals surface area contributed by atoms with Gasteiger partial charge in [-0.05, 0) is 18.9 Å². The highest BCUT2D eigenvalue weighted by Crippen LogP contribution is 2.49. The van der Waals surface area contributed by atoms with Gasteiger partial charge >= 0.3 is 5.97 Å². The smallest absolute Gasteiger partial charge is 0.315 e. The van der Waals surface area contributed by atoms with Crippen molar-refractivity contribution >= 4 is 17.8 Å². The van der Waals surface area contributed by atoms with Gasteiger partial charge in [0, 0.05) is 37.5 Å². The minimum absolute atomic E-state index is 0.00263. The maximum Gasteiger partial charge on any atom is 0.315 e. The average molecular weight is 358 g/mol. The Hall–Kier alpha value is -2.57. The molecule has 1 N–H and O–H groups in total. The standard InChI is InChI=1S/C19H22N2O5/c22-16-7-3-4-8-20(16)10-17(23)21-9-14-13-5-1-2-6-15(13)26-12-19(14,11-21)18(24)25/h1-2,5-6,14H,3-4,7-12H2,(H,24,25)/t14-,19-/m0/s1. The number of piperidine rings is 1. The van der Waals surface area contributed by atoms with Gasteiger partial charge in [-0.2, -0.15) is 0 Å². The largest absolute Gasteiger partial charge is 0.492 e. The number of ether oxygens (including phenoxy) is 1. The zero-order chi connectivity index (χ0) is 18.3. The molecule has 0 spiro atoms. The molecule has 0 aromatic heterocycles. The Morgan fingerprint density at radius 2 is 2.08 bits per heavy atom. The molecule has 0 unspecified atom stereocenters. The molecule has 138 valence electrons. The zero-order valence-corrected chi connectivity index (χ0v) is 14.5. The minimum atomic E-state index is -1.13. The number of carboxylic acids is 1. The Balaban J connectivity index is 1.56. The zero-order valence-electron chi connectivity index (χ0n) is 14.5. The Bertz CT molecular complexity index is 764. The van der Waals surface area contributed by atoms with Crippen LogP contribution in [0.5, 0.6) is 5.75 Å². The number of para-hydroxylation sites is 1. The molecule has 26 heavy (non-hydrogen) atoms. The van der Waals surface area contributed by atoms with Gasteiger partial charge in [0.15, 0.2) is 0 Å². The molecule has 0 bridgehead atoms. The Labute approximate surface area is 151 Å². The fourth-order valence-corrected chi connectivity index (χ4v) is 4.32. The summed E-state index contributed by atoms with van der Waals surface area (Å²) in [5, 5.41) is 9.91. The fourth-order valence-electron chi connectivity index (χ4n) is 4.32. The van der Waals surface area contributed by atoms with Crippen LogP contribution >= 0.6 is 0 Å². The summed E-state index contributed by atoms with van der Waals surface area (Å²) in [6, 6.07) is 7.42. The van der Waals surface area contributed by atoms with Gasteiger partial charge in [0.1, 0.15) is 17.8 Å². The number of carboxylic acid groups (broad SMARTS) is 1. The molecule has 2 amide bonds. The van der Waals surface area contributed by atoms with Gasteiger partial charge in [-0.25, -0.2) is 0 Å². The first-order valence-electron chi connectivity index (χ1n) is 9.02. The Morgan fingerprint density at radius 3 is 2.85 bits per heavy atom. The summed E-state index contributed by atoms with van der Waals surface area (Å²) in [6.45, 7) is 1.13. The van der Waals surface area contributed by atoms with Gasteiger partial charge in [0.25, 0.3) is 0 Å². The third-order valence-corrected chi connectivity index (χ3v) is 5.85. The van der Waals surface area contributed by atoms with E-state index in [0.717, 1.165) is 18.4 Å². The first-order valence-corrected chi connectivity index (χ1v) is 9.02. The van der Waals surface area contributed by atoms with Gasteiger partial charge in [-0.15, -0.1) is 0 Å². The van der Waals surface area contributed by atoms with Crippen LogP contribution in [0.1, 0.15) is 30.7 Å². The molecule has 3 aliphatic heterocycles. The lowest BCUT2D eigenvalue weighted by Crippen LogP contribution is -2.47. The molecule has 0 radical (unpaired) electrons. The predicted octanol–water partition coefficient (Wildman–Crippen LogP) is 1.09. The van der Waals surface area contributed by atoms with Crippen molar-refractivity contribution in [2.75, 3.05) is 32.8 Å². The highest BCUT2D eigenvalue weighted by atomic mass is 16.5. The van der Waals surface area contributed by atoms with E-state index < -0.39 is 11.4 Å². The topological polar surface area (TPSA) is 87.2 Å². The van der Waals surface area contributed by atoms with E-state index in [0.29, 0.717) is 25.3 Å². The van der Waals surface area contributed by atoms with E-state index >= 15 is 0 Å². The van der Waals surface area contributed by atoms with Crippen molar-refractivity contribution in [2.45, 2.75) is 25.2 Å². The van der Waals surface area contributed by atoms with E-state index in [1.54, 1.807) is 9.80 Å². The maximum absolute atomic E-state index is 12.8. The molecule has 7 heteroatoms. The van der Waals surface area contributed by atoms with Gasteiger partial charge in [-0.3, -0.25) is 14.4 Å². The lowest BCUT2D eigenvalue weighted by Gasteiger charge is -2.35. The summed E-state index contributed by atoms with van der Waals surface area (Å²) in [7, 11) is 0. The molecule has 1 aromatic carbocycles. The Kier molecular flexibility index (Phi) is 4.09. The van der Waals surface area contributed by atoms with Crippen LogP contribution in [0.4, 0.5) is 0 Å². The van der Waals surface area contributed by atoms with E-state index in [-0.39, 0.29) is 37.4 Å². The number of hydrogen-bond donors (Lipinski definition) is 1. The Morgan fingerprint density at radius 1 is 1.27 bits per heavy atom. The van der Waals surface area contributed by atoms with Crippen LogP contribution in [0.25, 0.3) is 0 Å². The SMILES string of the molecule is O=C1CCCCN1CC(=O)N1C[C@H]2c3ccccc3OC[C@@]2(C(=O)O)C1. The summed E-state index contributed by atoms with van der Waals surface area (Å²) in [6.07, 6.45) is 2.25. The van der Waals surface area contributed by atoms with E-state index in [2.05, 4.69) is 0 Å². The second-order valence-electron chi connectivity index (χ2n) is 7.39. The molecule has 1 aromatic rings. The number of fused-ring (bicyclic) bond motifs is 3. The van der Waals surface area contributed by atoms with E-state index in [9.17, 15) is 19.5 Å². The highest BCUT2D eigenvalue weighted by molar-refractivity contribution is 5.87. The average Bonchev–Trinajstić information content (AvgIpc) is 3.05. The highest BCUT2D eigenvalue weighted by Gasteiger charge is 2.57. The maximum atomic E-state index is 12.8. The van der Waals surface area contributed by atoms with Crippen molar-refractivity contribution in [1.82, 2.24) is 9.80 Å². The summed E-state index contributed by atoms with van der Waals surface area (Å²) < 4.78 is 5.71. The molecular weight excluding hydrogens is 336 g/mol. The van der Waals surface area contributed by atoms with Gasteiger partial charge in [-0.1, -0.05) is 18.2 Å². The minimum Gasteiger partial charge on any atom is -0.492 e. The second-order valence-corrected chi connectivity index (χ2v) is 7.39. The van der Waals surface area contributed by atoms with Crippen molar-refractivity contribution < 1.29 is 24.2 Å². The van der Waals surface area contributed by atoms with Crippen LogP contribution in [-0.4, -0.2) is 65.5 Å². The number of nitrogens with zero attached hydrogens (tertiary/aromatic N) is 2. The van der Waals surface area contributed by atoms with Crippen molar-refractivity contribution in [3.05, 3.63) is 29.8 Å². The first kappa shape index (κ1) is 16.9. The van der Waals surface area contributed by atoms with E-state index in [4.69, 9.17) is 4.74 Å². The number of benzene rings is 1. The summed E-state index contributed by atoms with van der Waals surface area (Å²) >= 11 is 0. The number of aliphatic carboxylic acids is 1. The molecule has 7 nitrogen and oxygen atoms in total. The third kappa shape index (κ3) is 2.62. The number of carbonyl (C=O) groups excluding carboxylic acids is 2. The predicted molar refractivity (Wildman–Crippen MR) is 91.8 cm³/mol. The first-order chi connectivity index (χ1) is 12.5. The molecule has 4 rings (SSSR count). The van der Waals surface area contributed by atoms with Crippen molar-refractivity contribution in [3.8, 4) is 5.75 Å². The molecule has 3 heterocycles. The lowest BCUT2D eigenvalue weighted by atomic mass is 9.73. The molecule has 2 atom stereocenters. The van der Waals surface area contributed by atoms with Crippen LogP contribution in [0.2, 0.25) is 0 Å². The number of amides is 2. The number of likely N-dealkylation sites (tertiary alicyclic amines) is 2. The summed E-state index contributed by atoms with van der Waals surface area (Å²) in [4.78, 5) is 40.0. The molecular formula is C19H22N2O5. The van der Waals surface area contributed by atoms with Crippen LogP contribution < -0.4 is 4.74 Å². The second kappa shape index (κ2) is 6.30.